The van der Waals surface area contributed by atoms with E-state index in [1.54, 1.807) is 11.3 Å². The highest BCUT2D eigenvalue weighted by atomic mass is 32.1. The maximum absolute atomic E-state index is 5.68. The molecular formula is C15H15N3S. The Hall–Kier alpha value is -1.75. The van der Waals surface area contributed by atoms with E-state index in [1.165, 1.54) is 16.3 Å². The van der Waals surface area contributed by atoms with Gasteiger partial charge in [0.2, 0.25) is 0 Å². The number of hydrazine groups is 1. The van der Waals surface area contributed by atoms with E-state index in [-0.39, 0.29) is 6.04 Å². The van der Waals surface area contributed by atoms with Crippen molar-refractivity contribution in [1.82, 2.24) is 10.4 Å². The van der Waals surface area contributed by atoms with Crippen LogP contribution in [0.3, 0.4) is 0 Å². The summed E-state index contributed by atoms with van der Waals surface area (Å²) in [5.74, 6) is 5.68. The number of rotatable bonds is 4. The fraction of sp³-hybridized carbons (Fsp3) is 0.133. The number of nitrogens with zero attached hydrogens (tertiary/aromatic N) is 1. The van der Waals surface area contributed by atoms with E-state index in [0.29, 0.717) is 0 Å². The Labute approximate surface area is 116 Å². The highest BCUT2D eigenvalue weighted by Crippen LogP contribution is 2.25. The number of nitrogens with one attached hydrogen (secondary N) is 1. The fourth-order valence-electron chi connectivity index (χ4n) is 2.33. The van der Waals surface area contributed by atoms with Gasteiger partial charge in [0.05, 0.1) is 11.6 Å². The molecule has 2 aromatic carbocycles. The van der Waals surface area contributed by atoms with Crippen LogP contribution in [-0.2, 0) is 6.42 Å². The maximum Gasteiger partial charge on any atom is 0.0794 e. The average Bonchev–Trinajstić information content (AvgIpc) is 2.99. The number of aromatic nitrogens is 1. The third-order valence-corrected chi connectivity index (χ3v) is 4.19. The lowest BCUT2D eigenvalue weighted by Crippen LogP contribution is -2.29. The van der Waals surface area contributed by atoms with Crippen LogP contribution in [0.5, 0.6) is 0 Å². The number of hydrogen-bond donors (Lipinski definition) is 2. The first-order chi connectivity index (χ1) is 9.38. The molecule has 0 saturated heterocycles. The quantitative estimate of drug-likeness (QED) is 0.565. The molecule has 19 heavy (non-hydrogen) atoms. The first kappa shape index (κ1) is 12.3. The molecule has 0 saturated carbocycles. The SMILES string of the molecule is NNC(Cc1cccc2ccccc12)c1cncs1. The second kappa shape index (κ2) is 5.48. The van der Waals surface area contributed by atoms with Gasteiger partial charge >= 0.3 is 0 Å². The Balaban J connectivity index is 1.96. The van der Waals surface area contributed by atoms with Crippen LogP contribution in [-0.4, -0.2) is 4.98 Å². The monoisotopic (exact) mass is 269 g/mol. The third-order valence-electron chi connectivity index (χ3n) is 3.30. The van der Waals surface area contributed by atoms with Gasteiger partial charge in [-0.05, 0) is 22.8 Å². The summed E-state index contributed by atoms with van der Waals surface area (Å²) in [6.07, 6.45) is 2.74. The molecule has 0 aliphatic rings. The normalized spacial score (nSPS) is 12.7. The third kappa shape index (κ3) is 2.51. The van der Waals surface area contributed by atoms with Crippen molar-refractivity contribution in [1.29, 1.82) is 0 Å². The van der Waals surface area contributed by atoms with Crippen LogP contribution in [0.15, 0.2) is 54.2 Å². The molecular weight excluding hydrogens is 254 g/mol. The van der Waals surface area contributed by atoms with Crippen molar-refractivity contribution in [3.05, 3.63) is 64.6 Å². The van der Waals surface area contributed by atoms with Crippen molar-refractivity contribution in [2.45, 2.75) is 12.5 Å². The van der Waals surface area contributed by atoms with E-state index in [4.69, 9.17) is 5.84 Å². The Kier molecular flexibility index (Phi) is 3.55. The minimum atomic E-state index is 0.110. The van der Waals surface area contributed by atoms with E-state index in [9.17, 15) is 0 Å². The number of benzene rings is 2. The average molecular weight is 269 g/mol. The Morgan fingerprint density at radius 3 is 2.79 bits per heavy atom. The van der Waals surface area contributed by atoms with Crippen LogP contribution in [0.4, 0.5) is 0 Å². The standard InChI is InChI=1S/C15H15N3S/c16-18-14(15-9-17-10-19-15)8-12-6-3-5-11-4-1-2-7-13(11)12/h1-7,9-10,14,18H,8,16H2. The van der Waals surface area contributed by atoms with Crippen molar-refractivity contribution in [3.63, 3.8) is 0 Å². The lowest BCUT2D eigenvalue weighted by Gasteiger charge is -2.15. The summed E-state index contributed by atoms with van der Waals surface area (Å²) in [5, 5.41) is 2.55. The topological polar surface area (TPSA) is 50.9 Å². The predicted molar refractivity (Wildman–Crippen MR) is 79.8 cm³/mol. The largest absolute Gasteiger partial charge is 0.271 e. The molecule has 0 aliphatic carbocycles. The van der Waals surface area contributed by atoms with Gasteiger partial charge in [0.25, 0.3) is 0 Å². The maximum atomic E-state index is 5.68. The summed E-state index contributed by atoms with van der Waals surface area (Å²) in [6, 6.07) is 14.9. The summed E-state index contributed by atoms with van der Waals surface area (Å²) < 4.78 is 0. The van der Waals surface area contributed by atoms with Gasteiger partial charge in [-0.2, -0.15) is 0 Å². The molecule has 0 fully saturated rings. The van der Waals surface area contributed by atoms with Gasteiger partial charge in [-0.1, -0.05) is 42.5 Å². The summed E-state index contributed by atoms with van der Waals surface area (Å²) in [4.78, 5) is 5.28. The van der Waals surface area contributed by atoms with E-state index in [0.717, 1.165) is 11.3 Å². The van der Waals surface area contributed by atoms with Crippen LogP contribution in [0, 0.1) is 0 Å². The fourth-order valence-corrected chi connectivity index (χ4v) is 3.01. The minimum Gasteiger partial charge on any atom is -0.271 e. The summed E-state index contributed by atoms with van der Waals surface area (Å²) in [7, 11) is 0. The molecule has 1 unspecified atom stereocenters. The van der Waals surface area contributed by atoms with Crippen LogP contribution >= 0.6 is 11.3 Å². The molecule has 1 aromatic heterocycles. The molecule has 96 valence electrons. The van der Waals surface area contributed by atoms with Crippen molar-refractivity contribution >= 4 is 22.1 Å². The highest BCUT2D eigenvalue weighted by Gasteiger charge is 2.13. The summed E-state index contributed by atoms with van der Waals surface area (Å²) >= 11 is 1.63. The van der Waals surface area contributed by atoms with Gasteiger partial charge in [-0.25, -0.2) is 0 Å². The Morgan fingerprint density at radius 2 is 2.00 bits per heavy atom. The van der Waals surface area contributed by atoms with Crippen molar-refractivity contribution in [2.24, 2.45) is 5.84 Å². The van der Waals surface area contributed by atoms with E-state index in [1.807, 2.05) is 11.7 Å². The zero-order valence-corrected chi connectivity index (χ0v) is 11.2. The summed E-state index contributed by atoms with van der Waals surface area (Å²) in [5.41, 5.74) is 6.02. The minimum absolute atomic E-state index is 0.110. The van der Waals surface area contributed by atoms with E-state index >= 15 is 0 Å². The van der Waals surface area contributed by atoms with Crippen molar-refractivity contribution in [3.8, 4) is 0 Å². The van der Waals surface area contributed by atoms with Crippen LogP contribution < -0.4 is 11.3 Å². The zero-order valence-electron chi connectivity index (χ0n) is 10.4. The van der Waals surface area contributed by atoms with Gasteiger partial charge in [0.15, 0.2) is 0 Å². The van der Waals surface area contributed by atoms with E-state index < -0.39 is 0 Å². The predicted octanol–water partition coefficient (Wildman–Crippen LogP) is 3.04. The van der Waals surface area contributed by atoms with Crippen molar-refractivity contribution in [2.75, 3.05) is 0 Å². The van der Waals surface area contributed by atoms with Gasteiger partial charge in [0.1, 0.15) is 0 Å². The molecule has 1 atom stereocenters. The molecule has 4 heteroatoms. The Morgan fingerprint density at radius 1 is 1.16 bits per heavy atom. The second-order valence-corrected chi connectivity index (χ2v) is 5.38. The smallest absolute Gasteiger partial charge is 0.0794 e. The number of fused-ring (bicyclic) bond motifs is 1. The second-order valence-electron chi connectivity index (χ2n) is 4.47. The van der Waals surface area contributed by atoms with Gasteiger partial charge < -0.3 is 0 Å². The van der Waals surface area contributed by atoms with Gasteiger partial charge in [0, 0.05) is 11.1 Å². The molecule has 0 aliphatic heterocycles. The zero-order chi connectivity index (χ0) is 13.1. The van der Waals surface area contributed by atoms with Crippen molar-refractivity contribution < 1.29 is 0 Å². The highest BCUT2D eigenvalue weighted by molar-refractivity contribution is 7.09. The lowest BCUT2D eigenvalue weighted by molar-refractivity contribution is 0.561. The van der Waals surface area contributed by atoms with E-state index in [2.05, 4.69) is 52.9 Å². The number of hydrogen-bond acceptors (Lipinski definition) is 4. The molecule has 3 N–H and O–H groups in total. The van der Waals surface area contributed by atoms with Gasteiger partial charge in [-0.3, -0.25) is 16.3 Å². The first-order valence-corrected chi connectivity index (χ1v) is 7.07. The van der Waals surface area contributed by atoms with Crippen LogP contribution in [0.25, 0.3) is 10.8 Å². The number of nitrogens with two attached hydrogens (primary N) is 1. The molecule has 3 aromatic rings. The summed E-state index contributed by atoms with van der Waals surface area (Å²) in [6.45, 7) is 0. The van der Waals surface area contributed by atoms with Crippen LogP contribution in [0.2, 0.25) is 0 Å². The van der Waals surface area contributed by atoms with Gasteiger partial charge in [-0.15, -0.1) is 11.3 Å². The molecule has 0 bridgehead atoms. The molecule has 1 heterocycles. The van der Waals surface area contributed by atoms with Crippen LogP contribution in [0.1, 0.15) is 16.5 Å². The first-order valence-electron chi connectivity index (χ1n) is 6.19. The molecule has 3 rings (SSSR count). The number of thiazole rings is 1. The Bertz CT molecular complexity index is 659. The molecule has 0 radical (unpaired) electrons. The molecule has 0 spiro atoms. The molecule has 3 nitrogen and oxygen atoms in total. The lowest BCUT2D eigenvalue weighted by atomic mass is 9.98. The molecule has 0 amide bonds.